The normalized spacial score (nSPS) is 10.2. The van der Waals surface area contributed by atoms with Crippen LogP contribution in [0.25, 0.3) is 0 Å². The maximum atomic E-state index is 11.8. The van der Waals surface area contributed by atoms with Crippen LogP contribution in [0.15, 0.2) is 36.4 Å². The van der Waals surface area contributed by atoms with Gasteiger partial charge in [-0.1, -0.05) is 41.9 Å². The fraction of sp³-hybridized carbons (Fsp3) is 0.267. The first kappa shape index (κ1) is 15.3. The summed E-state index contributed by atoms with van der Waals surface area (Å²) in [5.41, 5.74) is 1.21. The minimum Gasteiger partial charge on any atom is -0.481 e. The summed E-state index contributed by atoms with van der Waals surface area (Å²) in [6, 6.07) is 11.5. The van der Waals surface area contributed by atoms with Crippen LogP contribution in [-0.2, 0) is 11.2 Å². The van der Waals surface area contributed by atoms with Crippen LogP contribution in [0.5, 0.6) is 5.88 Å². The van der Waals surface area contributed by atoms with E-state index in [0.717, 1.165) is 12.8 Å². The highest BCUT2D eigenvalue weighted by molar-refractivity contribution is 6.29. The second-order valence-corrected chi connectivity index (χ2v) is 4.83. The lowest BCUT2D eigenvalue weighted by Gasteiger charge is -2.06. The van der Waals surface area contributed by atoms with E-state index in [4.69, 9.17) is 16.3 Å². The number of rotatable bonds is 6. The van der Waals surface area contributed by atoms with Crippen LogP contribution in [0, 0.1) is 0 Å². The fourth-order valence-corrected chi connectivity index (χ4v) is 2.02. The Morgan fingerprint density at radius 3 is 2.76 bits per heavy atom. The van der Waals surface area contributed by atoms with Gasteiger partial charge in [-0.2, -0.15) is 4.98 Å². The first-order chi connectivity index (χ1) is 10.2. The molecule has 0 saturated carbocycles. The molecule has 1 amide bonds. The number of aryl methyl sites for hydroxylation is 1. The zero-order chi connectivity index (χ0) is 15.1. The lowest BCUT2D eigenvalue weighted by molar-refractivity contribution is -0.116. The molecule has 21 heavy (non-hydrogen) atoms. The third-order valence-corrected chi connectivity index (χ3v) is 3.04. The van der Waals surface area contributed by atoms with E-state index in [0.29, 0.717) is 12.3 Å². The Labute approximate surface area is 128 Å². The van der Waals surface area contributed by atoms with E-state index >= 15 is 0 Å². The molecule has 0 fully saturated rings. The van der Waals surface area contributed by atoms with Crippen LogP contribution in [0.1, 0.15) is 18.4 Å². The second-order valence-electron chi connectivity index (χ2n) is 4.44. The summed E-state index contributed by atoms with van der Waals surface area (Å²) in [5.74, 6) is 0.328. The number of methoxy groups -OCH3 is 1. The highest BCUT2D eigenvalue weighted by atomic mass is 35.5. The Hall–Kier alpha value is -2.14. The molecular formula is C15H16ClN3O2. The number of benzene rings is 1. The van der Waals surface area contributed by atoms with Crippen molar-refractivity contribution in [1.82, 2.24) is 9.97 Å². The second kappa shape index (κ2) is 7.59. The molecule has 0 aliphatic rings. The van der Waals surface area contributed by atoms with Gasteiger partial charge in [0, 0.05) is 12.5 Å². The minimum atomic E-state index is -0.143. The molecule has 0 aliphatic carbocycles. The summed E-state index contributed by atoms with van der Waals surface area (Å²) in [7, 11) is 1.48. The number of hydrogen-bond donors (Lipinski definition) is 1. The van der Waals surface area contributed by atoms with E-state index in [9.17, 15) is 4.79 Å². The number of nitrogens with zero attached hydrogens (tertiary/aromatic N) is 2. The number of nitrogens with one attached hydrogen (secondary N) is 1. The lowest BCUT2D eigenvalue weighted by Crippen LogP contribution is -2.14. The smallest absolute Gasteiger partial charge is 0.234 e. The van der Waals surface area contributed by atoms with Gasteiger partial charge in [-0.05, 0) is 18.4 Å². The topological polar surface area (TPSA) is 64.1 Å². The Bertz CT molecular complexity index is 605. The average molecular weight is 306 g/mol. The van der Waals surface area contributed by atoms with Gasteiger partial charge in [0.2, 0.25) is 17.7 Å². The number of carbonyl (C=O) groups is 1. The number of aromatic nitrogens is 2. The molecule has 0 unspecified atom stereocenters. The number of halogens is 1. The Morgan fingerprint density at radius 2 is 2.05 bits per heavy atom. The van der Waals surface area contributed by atoms with Gasteiger partial charge in [0.1, 0.15) is 5.15 Å². The predicted molar refractivity (Wildman–Crippen MR) is 81.6 cm³/mol. The van der Waals surface area contributed by atoms with Crippen molar-refractivity contribution in [1.29, 1.82) is 0 Å². The molecule has 0 radical (unpaired) electrons. The van der Waals surface area contributed by atoms with Gasteiger partial charge in [-0.15, -0.1) is 0 Å². The van der Waals surface area contributed by atoms with E-state index in [2.05, 4.69) is 15.3 Å². The standard InChI is InChI=1S/C15H16ClN3O2/c1-21-14-10-12(16)17-15(19-14)18-13(20)9-5-8-11-6-3-2-4-7-11/h2-4,6-7,10H,5,8-9H2,1H3,(H,17,18,19,20). The predicted octanol–water partition coefficient (Wildman–Crippen LogP) is 3.10. The Morgan fingerprint density at radius 1 is 1.29 bits per heavy atom. The fourth-order valence-electron chi connectivity index (χ4n) is 1.84. The first-order valence-electron chi connectivity index (χ1n) is 6.60. The number of ether oxygens (including phenoxy) is 1. The van der Waals surface area contributed by atoms with Gasteiger partial charge in [0.05, 0.1) is 7.11 Å². The molecule has 0 atom stereocenters. The van der Waals surface area contributed by atoms with E-state index in [-0.39, 0.29) is 17.0 Å². The van der Waals surface area contributed by atoms with Crippen molar-refractivity contribution in [3.05, 3.63) is 47.1 Å². The van der Waals surface area contributed by atoms with Gasteiger partial charge < -0.3 is 4.74 Å². The summed E-state index contributed by atoms with van der Waals surface area (Å²) in [4.78, 5) is 19.8. The van der Waals surface area contributed by atoms with Gasteiger partial charge in [-0.25, -0.2) is 4.98 Å². The van der Waals surface area contributed by atoms with Crippen LogP contribution >= 0.6 is 11.6 Å². The molecule has 1 N–H and O–H groups in total. The van der Waals surface area contributed by atoms with E-state index < -0.39 is 0 Å². The monoisotopic (exact) mass is 305 g/mol. The van der Waals surface area contributed by atoms with Crippen LogP contribution in [0.3, 0.4) is 0 Å². The molecular weight excluding hydrogens is 290 g/mol. The van der Waals surface area contributed by atoms with Crippen LogP contribution < -0.4 is 10.1 Å². The Kier molecular flexibility index (Phi) is 5.51. The first-order valence-corrected chi connectivity index (χ1v) is 6.97. The quantitative estimate of drug-likeness (QED) is 0.833. The van der Waals surface area contributed by atoms with Gasteiger partial charge in [0.25, 0.3) is 0 Å². The number of hydrogen-bond acceptors (Lipinski definition) is 4. The Balaban J connectivity index is 1.83. The number of amides is 1. The summed E-state index contributed by atoms with van der Waals surface area (Å²) in [6.07, 6.45) is 2.01. The molecule has 1 aromatic heterocycles. The molecule has 5 nitrogen and oxygen atoms in total. The lowest BCUT2D eigenvalue weighted by atomic mass is 10.1. The van der Waals surface area contributed by atoms with Gasteiger partial charge >= 0.3 is 0 Å². The third kappa shape index (κ3) is 5.04. The molecule has 1 heterocycles. The number of anilines is 1. The van der Waals surface area contributed by atoms with Crippen molar-refractivity contribution >= 4 is 23.5 Å². The molecule has 0 aliphatic heterocycles. The molecule has 1 aromatic carbocycles. The van der Waals surface area contributed by atoms with E-state index in [1.807, 2.05) is 30.3 Å². The van der Waals surface area contributed by atoms with Gasteiger partial charge in [0.15, 0.2) is 0 Å². The summed E-state index contributed by atoms with van der Waals surface area (Å²) in [5, 5.41) is 2.84. The van der Waals surface area contributed by atoms with Crippen LogP contribution in [0.2, 0.25) is 5.15 Å². The van der Waals surface area contributed by atoms with E-state index in [1.54, 1.807) is 0 Å². The van der Waals surface area contributed by atoms with Crippen molar-refractivity contribution < 1.29 is 9.53 Å². The maximum Gasteiger partial charge on any atom is 0.234 e. The minimum absolute atomic E-state index is 0.143. The van der Waals surface area contributed by atoms with Crippen LogP contribution in [-0.4, -0.2) is 23.0 Å². The molecule has 6 heteroatoms. The average Bonchev–Trinajstić information content (AvgIpc) is 2.47. The summed E-state index contributed by atoms with van der Waals surface area (Å²) in [6.45, 7) is 0. The molecule has 2 aromatic rings. The van der Waals surface area contributed by atoms with Crippen molar-refractivity contribution in [3.63, 3.8) is 0 Å². The molecule has 110 valence electrons. The highest BCUT2D eigenvalue weighted by Gasteiger charge is 2.08. The van der Waals surface area contributed by atoms with Crippen molar-refractivity contribution in [3.8, 4) is 5.88 Å². The molecule has 0 bridgehead atoms. The highest BCUT2D eigenvalue weighted by Crippen LogP contribution is 2.16. The molecule has 0 saturated heterocycles. The summed E-state index contributed by atoms with van der Waals surface area (Å²) >= 11 is 5.81. The number of carbonyl (C=O) groups excluding carboxylic acids is 1. The zero-order valence-corrected chi connectivity index (χ0v) is 12.4. The van der Waals surface area contributed by atoms with Crippen molar-refractivity contribution in [2.24, 2.45) is 0 Å². The third-order valence-electron chi connectivity index (χ3n) is 2.84. The largest absolute Gasteiger partial charge is 0.481 e. The zero-order valence-electron chi connectivity index (χ0n) is 11.7. The SMILES string of the molecule is COc1cc(Cl)nc(NC(=O)CCCc2ccccc2)n1. The molecule has 0 spiro atoms. The van der Waals surface area contributed by atoms with Crippen molar-refractivity contribution in [2.75, 3.05) is 12.4 Å². The van der Waals surface area contributed by atoms with Crippen LogP contribution in [0.4, 0.5) is 5.95 Å². The molecule has 2 rings (SSSR count). The summed E-state index contributed by atoms with van der Waals surface area (Å²) < 4.78 is 4.97. The van der Waals surface area contributed by atoms with Crippen molar-refractivity contribution in [2.45, 2.75) is 19.3 Å². The van der Waals surface area contributed by atoms with E-state index in [1.165, 1.54) is 18.7 Å². The van der Waals surface area contributed by atoms with Gasteiger partial charge in [-0.3, -0.25) is 10.1 Å². The maximum absolute atomic E-state index is 11.8.